The molecule has 3 rings (SSSR count). The molecule has 28 heavy (non-hydrogen) atoms. The van der Waals surface area contributed by atoms with Crippen LogP contribution in [0.2, 0.25) is 18.1 Å². The minimum atomic E-state index is -2.06. The maximum Gasteiger partial charge on any atom is 0.198 e. The maximum absolute atomic E-state index is 12.6. The molecule has 0 radical (unpaired) electrons. The van der Waals surface area contributed by atoms with E-state index < -0.39 is 19.7 Å². The van der Waals surface area contributed by atoms with Crippen molar-refractivity contribution in [3.8, 4) is 0 Å². The summed E-state index contributed by atoms with van der Waals surface area (Å²) in [7, 11) is -2.06. The number of furan rings is 1. The van der Waals surface area contributed by atoms with Crippen LogP contribution in [0.4, 0.5) is 0 Å². The van der Waals surface area contributed by atoms with E-state index in [1.807, 2.05) is 20.8 Å². The van der Waals surface area contributed by atoms with Crippen molar-refractivity contribution in [3.05, 3.63) is 23.2 Å². The largest absolute Gasteiger partial charge is 0.461 e. The number of Topliss-reactive ketones (excluding diaryl/α,β-unsaturated/α-hetero) is 1. The highest BCUT2D eigenvalue weighted by atomic mass is 28.4. The Labute approximate surface area is 170 Å². The van der Waals surface area contributed by atoms with Crippen molar-refractivity contribution < 1.29 is 23.1 Å². The molecule has 0 aromatic carbocycles. The monoisotopic (exact) mass is 408 g/mol. The van der Waals surface area contributed by atoms with Gasteiger partial charge in [0.15, 0.2) is 25.6 Å². The summed E-state index contributed by atoms with van der Waals surface area (Å²) in [6.45, 7) is 19.1. The number of rotatable bonds is 5. The zero-order valence-electron chi connectivity index (χ0n) is 18.9. The van der Waals surface area contributed by atoms with Crippen LogP contribution in [0.25, 0.3) is 0 Å². The van der Waals surface area contributed by atoms with E-state index in [0.717, 1.165) is 17.5 Å². The summed E-state index contributed by atoms with van der Waals surface area (Å²) in [5.41, 5.74) is 1.24. The van der Waals surface area contributed by atoms with Crippen LogP contribution in [0.3, 0.4) is 0 Å². The zero-order chi connectivity index (χ0) is 21.1. The van der Waals surface area contributed by atoms with E-state index in [1.165, 1.54) is 0 Å². The first-order valence-electron chi connectivity index (χ1n) is 10.4. The number of ketones is 1. The van der Waals surface area contributed by atoms with Crippen LogP contribution in [0, 0.1) is 0 Å². The summed E-state index contributed by atoms with van der Waals surface area (Å²) >= 11 is 0. The van der Waals surface area contributed by atoms with E-state index in [2.05, 4.69) is 40.8 Å². The molecule has 6 heteroatoms. The van der Waals surface area contributed by atoms with Crippen LogP contribution in [0.1, 0.15) is 89.1 Å². The summed E-state index contributed by atoms with van der Waals surface area (Å²) in [6.07, 6.45) is 3.07. The third kappa shape index (κ3) is 3.53. The van der Waals surface area contributed by atoms with Gasteiger partial charge >= 0.3 is 0 Å². The second kappa shape index (κ2) is 6.79. The molecule has 0 unspecified atom stereocenters. The van der Waals surface area contributed by atoms with Crippen LogP contribution in [-0.4, -0.2) is 31.6 Å². The van der Waals surface area contributed by atoms with E-state index in [4.69, 9.17) is 18.3 Å². The van der Waals surface area contributed by atoms with Gasteiger partial charge < -0.3 is 18.3 Å². The number of carbonyl (C=O) groups is 1. The lowest BCUT2D eigenvalue weighted by atomic mass is 9.77. The summed E-state index contributed by atoms with van der Waals surface area (Å²) in [6, 6.07) is 0. The minimum absolute atomic E-state index is 0.0524. The molecule has 1 aliphatic heterocycles. The Balaban J connectivity index is 2.05. The van der Waals surface area contributed by atoms with Crippen molar-refractivity contribution in [2.24, 2.45) is 0 Å². The number of ether oxygens (including phenoxy) is 2. The average molecular weight is 409 g/mol. The van der Waals surface area contributed by atoms with Gasteiger partial charge in [0.05, 0.1) is 12.4 Å². The minimum Gasteiger partial charge on any atom is -0.461 e. The molecule has 1 saturated heterocycles. The standard InChI is InChI=1S/C22H36O5Si/c1-10-11-16(23)18-14-12-17(26-28(8,9)20(2,3)4)22(7)19(15(14)13-24-18)25-21(5,6)27-22/h13,17,19H,10-12H2,1-9H3/t17-,19-,22+/m1/s1. The highest BCUT2D eigenvalue weighted by Gasteiger charge is 2.60. The highest BCUT2D eigenvalue weighted by molar-refractivity contribution is 6.74. The molecule has 0 N–H and O–H groups in total. The van der Waals surface area contributed by atoms with E-state index >= 15 is 0 Å². The SMILES string of the molecule is CCCC(=O)c1occ2c1C[C@@H](O[Si](C)(C)C(C)(C)C)[C@]1(C)OC(C)(C)O[C@H]21. The van der Waals surface area contributed by atoms with Gasteiger partial charge in [0, 0.05) is 24.0 Å². The molecule has 0 bridgehead atoms. The first-order valence-corrected chi connectivity index (χ1v) is 13.3. The van der Waals surface area contributed by atoms with Gasteiger partial charge in [-0.3, -0.25) is 4.79 Å². The predicted molar refractivity (Wildman–Crippen MR) is 111 cm³/mol. The quantitative estimate of drug-likeness (QED) is 0.456. The van der Waals surface area contributed by atoms with Gasteiger partial charge in [-0.15, -0.1) is 0 Å². The summed E-state index contributed by atoms with van der Waals surface area (Å²) in [4.78, 5) is 12.6. The lowest BCUT2D eigenvalue weighted by Crippen LogP contribution is -2.56. The van der Waals surface area contributed by atoms with Gasteiger partial charge in [-0.2, -0.15) is 0 Å². The Morgan fingerprint density at radius 3 is 2.50 bits per heavy atom. The van der Waals surface area contributed by atoms with E-state index in [0.29, 0.717) is 18.6 Å². The smallest absolute Gasteiger partial charge is 0.198 e. The molecule has 0 amide bonds. The van der Waals surface area contributed by atoms with Crippen LogP contribution in [-0.2, 0) is 20.3 Å². The second-order valence-electron chi connectivity index (χ2n) is 10.4. The molecule has 0 spiro atoms. The Morgan fingerprint density at radius 2 is 1.93 bits per heavy atom. The summed E-state index contributed by atoms with van der Waals surface area (Å²) < 4.78 is 25.4. The number of hydrogen-bond donors (Lipinski definition) is 0. The van der Waals surface area contributed by atoms with Crippen molar-refractivity contribution in [2.75, 3.05) is 0 Å². The Bertz CT molecular complexity index is 757. The van der Waals surface area contributed by atoms with Gasteiger partial charge in [-0.05, 0) is 45.3 Å². The number of carbonyl (C=O) groups excluding carboxylic acids is 1. The van der Waals surface area contributed by atoms with E-state index in [9.17, 15) is 4.79 Å². The van der Waals surface area contributed by atoms with Crippen molar-refractivity contribution >= 4 is 14.1 Å². The molecule has 2 heterocycles. The molecule has 2 aliphatic rings. The molecule has 5 nitrogen and oxygen atoms in total. The van der Waals surface area contributed by atoms with Crippen LogP contribution < -0.4 is 0 Å². The lowest BCUT2D eigenvalue weighted by molar-refractivity contribution is -0.176. The molecule has 1 aliphatic carbocycles. The number of hydrogen-bond acceptors (Lipinski definition) is 5. The van der Waals surface area contributed by atoms with Crippen molar-refractivity contribution in [1.29, 1.82) is 0 Å². The second-order valence-corrected chi connectivity index (χ2v) is 15.2. The van der Waals surface area contributed by atoms with Crippen LogP contribution in [0.5, 0.6) is 0 Å². The van der Waals surface area contributed by atoms with Crippen LogP contribution >= 0.6 is 0 Å². The molecule has 1 aromatic heterocycles. The lowest BCUT2D eigenvalue weighted by Gasteiger charge is -2.47. The number of fused-ring (bicyclic) bond motifs is 3. The normalized spacial score (nSPS) is 29.5. The van der Waals surface area contributed by atoms with Gasteiger partial charge in [0.25, 0.3) is 0 Å². The van der Waals surface area contributed by atoms with E-state index in [-0.39, 0.29) is 23.0 Å². The third-order valence-electron chi connectivity index (χ3n) is 6.60. The van der Waals surface area contributed by atoms with Gasteiger partial charge in [-0.1, -0.05) is 27.7 Å². The molecular formula is C22H36O5Si. The van der Waals surface area contributed by atoms with Crippen molar-refractivity contribution in [1.82, 2.24) is 0 Å². The first-order chi connectivity index (χ1) is 12.7. The Hall–Kier alpha value is -0.953. The molecular weight excluding hydrogens is 372 g/mol. The van der Waals surface area contributed by atoms with Crippen molar-refractivity contribution in [2.45, 2.75) is 109 Å². The molecule has 0 saturated carbocycles. The van der Waals surface area contributed by atoms with E-state index in [1.54, 1.807) is 6.26 Å². The fourth-order valence-corrected chi connectivity index (χ4v) is 5.48. The Morgan fingerprint density at radius 1 is 1.29 bits per heavy atom. The Kier molecular flexibility index (Phi) is 5.28. The fraction of sp³-hybridized carbons (Fsp3) is 0.773. The third-order valence-corrected chi connectivity index (χ3v) is 11.1. The summed E-state index contributed by atoms with van der Waals surface area (Å²) in [5, 5.41) is 0.0748. The van der Waals surface area contributed by atoms with Crippen LogP contribution in [0.15, 0.2) is 10.7 Å². The maximum atomic E-state index is 12.6. The molecule has 3 atom stereocenters. The van der Waals surface area contributed by atoms with Crippen molar-refractivity contribution in [3.63, 3.8) is 0 Å². The average Bonchev–Trinajstić information content (AvgIpc) is 3.04. The molecule has 1 aromatic rings. The molecule has 1 fully saturated rings. The summed E-state index contributed by atoms with van der Waals surface area (Å²) in [5.74, 6) is -0.200. The molecule has 158 valence electrons. The predicted octanol–water partition coefficient (Wildman–Crippen LogP) is 5.79. The van der Waals surface area contributed by atoms with Gasteiger partial charge in [-0.25, -0.2) is 0 Å². The van der Waals surface area contributed by atoms with Gasteiger partial charge in [0.2, 0.25) is 0 Å². The topological polar surface area (TPSA) is 57.9 Å². The highest BCUT2D eigenvalue weighted by Crippen LogP contribution is 2.54. The van der Waals surface area contributed by atoms with Gasteiger partial charge in [0.1, 0.15) is 11.7 Å². The zero-order valence-corrected chi connectivity index (χ0v) is 19.9. The first kappa shape index (κ1) is 21.7. The fourth-order valence-electron chi connectivity index (χ4n) is 4.09.